The second-order valence-corrected chi connectivity index (χ2v) is 7.23. The summed E-state index contributed by atoms with van der Waals surface area (Å²) in [5.41, 5.74) is 3.20. The minimum atomic E-state index is -0.456. The smallest absolute Gasteiger partial charge is 0.338 e. The van der Waals surface area contributed by atoms with Crippen LogP contribution in [0.4, 0.5) is 5.69 Å². The number of benzene rings is 1. The first-order valence-corrected chi connectivity index (χ1v) is 8.96. The summed E-state index contributed by atoms with van der Waals surface area (Å²) in [6.45, 7) is 6.09. The normalized spacial score (nSPS) is 28.7. The zero-order chi connectivity index (χ0) is 18.6. The largest absolute Gasteiger partial charge is 0.462 e. The molecule has 1 aromatic carbocycles. The maximum absolute atomic E-state index is 13.1. The molecule has 1 heterocycles. The minimum Gasteiger partial charge on any atom is -0.462 e. The molecular weight excluding hydrogens is 330 g/mol. The Kier molecular flexibility index (Phi) is 3.83. The molecule has 5 heteroatoms. The van der Waals surface area contributed by atoms with Crippen LogP contribution in [-0.4, -0.2) is 24.4 Å². The van der Waals surface area contributed by atoms with E-state index in [0.717, 1.165) is 0 Å². The Morgan fingerprint density at radius 2 is 1.69 bits per heavy atom. The Labute approximate surface area is 152 Å². The second-order valence-electron chi connectivity index (χ2n) is 7.23. The van der Waals surface area contributed by atoms with E-state index >= 15 is 0 Å². The molecule has 0 unspecified atom stereocenters. The van der Waals surface area contributed by atoms with Gasteiger partial charge in [0.2, 0.25) is 11.8 Å². The van der Waals surface area contributed by atoms with Crippen LogP contribution in [0.15, 0.2) is 47.6 Å². The number of rotatable bonds is 3. The molecule has 2 amide bonds. The number of fused-ring (bicyclic) bond motifs is 5. The monoisotopic (exact) mass is 351 g/mol. The molecule has 5 nitrogen and oxygen atoms in total. The molecule has 1 saturated heterocycles. The molecule has 1 aromatic rings. The summed E-state index contributed by atoms with van der Waals surface area (Å²) in [4.78, 5) is 39.4. The quantitative estimate of drug-likeness (QED) is 0.477. The van der Waals surface area contributed by atoms with Crippen LogP contribution in [0.5, 0.6) is 0 Å². The lowest BCUT2D eigenvalue weighted by atomic mass is 9.85. The van der Waals surface area contributed by atoms with Crippen molar-refractivity contribution in [2.45, 2.75) is 20.8 Å². The van der Waals surface area contributed by atoms with Gasteiger partial charge < -0.3 is 4.74 Å². The fourth-order valence-electron chi connectivity index (χ4n) is 4.67. The van der Waals surface area contributed by atoms with E-state index in [4.69, 9.17) is 4.74 Å². The topological polar surface area (TPSA) is 63.7 Å². The summed E-state index contributed by atoms with van der Waals surface area (Å²) in [6, 6.07) is 6.55. The van der Waals surface area contributed by atoms with Gasteiger partial charge in [-0.25, -0.2) is 9.69 Å². The highest BCUT2D eigenvalue weighted by Gasteiger charge is 2.61. The van der Waals surface area contributed by atoms with Crippen LogP contribution in [-0.2, 0) is 14.3 Å². The van der Waals surface area contributed by atoms with E-state index in [1.54, 1.807) is 31.2 Å². The van der Waals surface area contributed by atoms with E-state index in [2.05, 4.69) is 12.2 Å². The molecular formula is C21H21NO4. The highest BCUT2D eigenvalue weighted by molar-refractivity contribution is 6.23. The van der Waals surface area contributed by atoms with Gasteiger partial charge in [-0.1, -0.05) is 29.4 Å². The lowest BCUT2D eigenvalue weighted by molar-refractivity contribution is -0.122. The summed E-state index contributed by atoms with van der Waals surface area (Å²) >= 11 is 0. The molecule has 26 heavy (non-hydrogen) atoms. The summed E-state index contributed by atoms with van der Waals surface area (Å²) in [5.74, 6) is -1.41. The third-order valence-corrected chi connectivity index (χ3v) is 5.61. The molecule has 2 aliphatic carbocycles. The summed E-state index contributed by atoms with van der Waals surface area (Å²) in [5, 5.41) is 0. The predicted octanol–water partition coefficient (Wildman–Crippen LogP) is 3.12. The lowest BCUT2D eigenvalue weighted by Crippen LogP contribution is -2.33. The maximum atomic E-state index is 13.1. The van der Waals surface area contributed by atoms with E-state index in [1.807, 2.05) is 13.8 Å². The number of allylic oxidation sites excluding steroid dienone is 4. The zero-order valence-corrected chi connectivity index (χ0v) is 15.1. The first-order valence-electron chi connectivity index (χ1n) is 8.96. The first kappa shape index (κ1) is 16.8. The van der Waals surface area contributed by atoms with Crippen molar-refractivity contribution in [1.82, 2.24) is 0 Å². The first-order chi connectivity index (χ1) is 12.5. The van der Waals surface area contributed by atoms with Crippen molar-refractivity contribution < 1.29 is 19.1 Å². The summed E-state index contributed by atoms with van der Waals surface area (Å²) in [7, 11) is 0. The summed E-state index contributed by atoms with van der Waals surface area (Å²) in [6.07, 6.45) is 4.13. The average molecular weight is 351 g/mol. The van der Waals surface area contributed by atoms with Gasteiger partial charge in [-0.3, -0.25) is 9.59 Å². The Balaban J connectivity index is 1.69. The van der Waals surface area contributed by atoms with Gasteiger partial charge in [-0.05, 0) is 39.0 Å². The molecule has 4 atom stereocenters. The number of hydrogen-bond acceptors (Lipinski definition) is 4. The number of ether oxygens (including phenoxy) is 1. The van der Waals surface area contributed by atoms with Gasteiger partial charge in [0, 0.05) is 11.8 Å². The van der Waals surface area contributed by atoms with Gasteiger partial charge in [0.05, 0.1) is 29.7 Å². The third kappa shape index (κ3) is 2.19. The van der Waals surface area contributed by atoms with Crippen molar-refractivity contribution in [3.8, 4) is 0 Å². The van der Waals surface area contributed by atoms with Gasteiger partial charge in [0.1, 0.15) is 0 Å². The average Bonchev–Trinajstić information content (AvgIpc) is 3.25. The molecule has 0 N–H and O–H groups in total. The van der Waals surface area contributed by atoms with Crippen LogP contribution in [0, 0.1) is 23.7 Å². The molecule has 0 aromatic heterocycles. The number of carbonyl (C=O) groups excluding carboxylic acids is 3. The maximum Gasteiger partial charge on any atom is 0.338 e. The standard InChI is InChI=1S/C21H21NO4/c1-4-26-21(25)12-6-5-7-13(10-12)22-19(23)17-14-8-9-15(16(14)11(2)3)18(17)20(22)24/h5-10,14-15,17-18H,4H2,1-3H3/t14-,15+,17+,18-. The second kappa shape index (κ2) is 5.94. The van der Waals surface area contributed by atoms with Gasteiger partial charge in [0.25, 0.3) is 0 Å². The van der Waals surface area contributed by atoms with Gasteiger partial charge in [0.15, 0.2) is 0 Å². The molecule has 0 radical (unpaired) electrons. The van der Waals surface area contributed by atoms with Gasteiger partial charge in [-0.2, -0.15) is 0 Å². The molecule has 0 spiro atoms. The number of esters is 1. The minimum absolute atomic E-state index is 0.0182. The van der Waals surface area contributed by atoms with E-state index in [-0.39, 0.29) is 42.1 Å². The zero-order valence-electron chi connectivity index (χ0n) is 15.1. The number of amides is 2. The Morgan fingerprint density at radius 3 is 2.23 bits per heavy atom. The van der Waals surface area contributed by atoms with Crippen molar-refractivity contribution >= 4 is 23.5 Å². The van der Waals surface area contributed by atoms with Crippen LogP contribution < -0.4 is 4.90 Å². The molecule has 1 aliphatic heterocycles. The number of anilines is 1. The van der Waals surface area contributed by atoms with Crippen LogP contribution >= 0.6 is 0 Å². The van der Waals surface area contributed by atoms with Crippen LogP contribution in [0.25, 0.3) is 0 Å². The lowest BCUT2D eigenvalue weighted by Gasteiger charge is -2.19. The molecule has 1 saturated carbocycles. The van der Waals surface area contributed by atoms with Crippen LogP contribution in [0.2, 0.25) is 0 Å². The Hall–Kier alpha value is -2.69. The molecule has 3 aliphatic rings. The van der Waals surface area contributed by atoms with E-state index in [0.29, 0.717) is 11.3 Å². The van der Waals surface area contributed by atoms with E-state index in [1.165, 1.54) is 16.0 Å². The van der Waals surface area contributed by atoms with Crippen molar-refractivity contribution in [3.05, 3.63) is 53.1 Å². The molecule has 2 fully saturated rings. The number of nitrogens with zero attached hydrogens (tertiary/aromatic N) is 1. The molecule has 4 rings (SSSR count). The number of hydrogen-bond donors (Lipinski definition) is 0. The highest BCUT2D eigenvalue weighted by atomic mass is 16.5. The number of carbonyl (C=O) groups is 3. The van der Waals surface area contributed by atoms with Crippen LogP contribution in [0.1, 0.15) is 31.1 Å². The van der Waals surface area contributed by atoms with Crippen molar-refractivity contribution in [3.63, 3.8) is 0 Å². The van der Waals surface area contributed by atoms with Gasteiger partial charge >= 0.3 is 5.97 Å². The molecule has 2 bridgehead atoms. The number of imide groups is 1. The SMILES string of the molecule is CCOC(=O)c1cccc(N2C(=O)[C@@H]3[C@H](C2=O)[C@H]2C=C[C@@H]3C2=C(C)C)c1. The van der Waals surface area contributed by atoms with Crippen molar-refractivity contribution in [2.24, 2.45) is 23.7 Å². The summed E-state index contributed by atoms with van der Waals surface area (Å²) < 4.78 is 5.01. The fourth-order valence-corrected chi connectivity index (χ4v) is 4.67. The predicted molar refractivity (Wildman–Crippen MR) is 96.4 cm³/mol. The third-order valence-electron chi connectivity index (χ3n) is 5.61. The van der Waals surface area contributed by atoms with E-state index in [9.17, 15) is 14.4 Å². The molecule has 134 valence electrons. The Bertz CT molecular complexity index is 844. The highest BCUT2D eigenvalue weighted by Crippen LogP contribution is 2.57. The fraction of sp³-hybridized carbons (Fsp3) is 0.381. The van der Waals surface area contributed by atoms with Gasteiger partial charge in [-0.15, -0.1) is 0 Å². The van der Waals surface area contributed by atoms with Crippen molar-refractivity contribution in [2.75, 3.05) is 11.5 Å². The Morgan fingerprint density at radius 1 is 1.08 bits per heavy atom. The van der Waals surface area contributed by atoms with Crippen LogP contribution in [0.3, 0.4) is 0 Å². The van der Waals surface area contributed by atoms with E-state index < -0.39 is 5.97 Å². The van der Waals surface area contributed by atoms with Crippen molar-refractivity contribution in [1.29, 1.82) is 0 Å².